The van der Waals surface area contributed by atoms with Crippen LogP contribution in [0.5, 0.6) is 0 Å². The molecule has 1 aliphatic heterocycles. The van der Waals surface area contributed by atoms with Gasteiger partial charge in [-0.1, -0.05) is 38.4 Å². The van der Waals surface area contributed by atoms with E-state index in [9.17, 15) is 0 Å². The molecular formula is C16H25ClN2. The van der Waals surface area contributed by atoms with Crippen molar-refractivity contribution in [2.75, 3.05) is 18.0 Å². The van der Waals surface area contributed by atoms with E-state index in [4.69, 9.17) is 17.3 Å². The maximum Gasteiger partial charge on any atom is 0.0426 e. The first kappa shape index (κ1) is 14.7. The van der Waals surface area contributed by atoms with Crippen molar-refractivity contribution in [1.29, 1.82) is 0 Å². The van der Waals surface area contributed by atoms with Crippen molar-refractivity contribution in [1.82, 2.24) is 0 Å². The van der Waals surface area contributed by atoms with Gasteiger partial charge in [-0.25, -0.2) is 0 Å². The lowest BCUT2D eigenvalue weighted by atomic mass is 9.75. The van der Waals surface area contributed by atoms with E-state index in [1.54, 1.807) is 0 Å². The van der Waals surface area contributed by atoms with Crippen molar-refractivity contribution < 1.29 is 0 Å². The van der Waals surface area contributed by atoms with E-state index < -0.39 is 0 Å². The number of hydrogen-bond acceptors (Lipinski definition) is 2. The van der Waals surface area contributed by atoms with Crippen LogP contribution in [0.3, 0.4) is 0 Å². The Bertz CT molecular complexity index is 429. The van der Waals surface area contributed by atoms with Crippen LogP contribution >= 0.6 is 11.6 Å². The van der Waals surface area contributed by atoms with Crippen LogP contribution in [0.4, 0.5) is 5.69 Å². The summed E-state index contributed by atoms with van der Waals surface area (Å²) in [4.78, 5) is 2.44. The maximum atomic E-state index is 6.13. The van der Waals surface area contributed by atoms with Crippen LogP contribution in [0.15, 0.2) is 18.2 Å². The smallest absolute Gasteiger partial charge is 0.0426 e. The van der Waals surface area contributed by atoms with Gasteiger partial charge in [0.2, 0.25) is 0 Å². The molecule has 1 aromatic carbocycles. The molecule has 1 heterocycles. The SMILES string of the molecule is CC(C)(C)C1CCN(c2cc(Cl)ccc2CN)CC1. The highest BCUT2D eigenvalue weighted by Gasteiger charge is 2.29. The highest BCUT2D eigenvalue weighted by Crippen LogP contribution is 2.36. The second-order valence-corrected chi connectivity index (χ2v) is 7.04. The van der Waals surface area contributed by atoms with Crippen molar-refractivity contribution >= 4 is 17.3 Å². The van der Waals surface area contributed by atoms with E-state index in [0.717, 1.165) is 24.0 Å². The largest absolute Gasteiger partial charge is 0.371 e. The van der Waals surface area contributed by atoms with E-state index in [1.807, 2.05) is 12.1 Å². The van der Waals surface area contributed by atoms with E-state index in [0.29, 0.717) is 12.0 Å². The quantitative estimate of drug-likeness (QED) is 0.885. The molecule has 0 saturated carbocycles. The third-order valence-electron chi connectivity index (χ3n) is 4.33. The second kappa shape index (κ2) is 5.72. The third-order valence-corrected chi connectivity index (χ3v) is 4.56. The molecule has 1 fully saturated rings. The molecule has 1 saturated heterocycles. The zero-order chi connectivity index (χ0) is 14.0. The minimum Gasteiger partial charge on any atom is -0.371 e. The molecule has 2 rings (SSSR count). The summed E-state index contributed by atoms with van der Waals surface area (Å²) in [5.41, 5.74) is 8.67. The van der Waals surface area contributed by atoms with E-state index >= 15 is 0 Å². The molecule has 0 aliphatic carbocycles. The summed E-state index contributed by atoms with van der Waals surface area (Å²) in [6, 6.07) is 6.03. The van der Waals surface area contributed by atoms with Gasteiger partial charge in [0.1, 0.15) is 0 Å². The Hall–Kier alpha value is -0.730. The average Bonchev–Trinajstić information content (AvgIpc) is 2.38. The van der Waals surface area contributed by atoms with Crippen molar-refractivity contribution in [2.24, 2.45) is 17.1 Å². The van der Waals surface area contributed by atoms with Gasteiger partial charge >= 0.3 is 0 Å². The van der Waals surface area contributed by atoms with Crippen LogP contribution in [0.2, 0.25) is 5.02 Å². The monoisotopic (exact) mass is 280 g/mol. The normalized spacial score (nSPS) is 17.8. The molecular weight excluding hydrogens is 256 g/mol. The fourth-order valence-corrected chi connectivity index (χ4v) is 3.16. The molecule has 0 aromatic heterocycles. The summed E-state index contributed by atoms with van der Waals surface area (Å²) >= 11 is 6.13. The van der Waals surface area contributed by atoms with E-state index in [-0.39, 0.29) is 0 Å². The van der Waals surface area contributed by atoms with Gasteiger partial charge in [-0.2, -0.15) is 0 Å². The number of nitrogens with zero attached hydrogens (tertiary/aromatic N) is 1. The van der Waals surface area contributed by atoms with Gasteiger partial charge in [0.25, 0.3) is 0 Å². The lowest BCUT2D eigenvalue weighted by Gasteiger charge is -2.40. The van der Waals surface area contributed by atoms with Crippen molar-refractivity contribution in [3.8, 4) is 0 Å². The molecule has 0 radical (unpaired) electrons. The summed E-state index contributed by atoms with van der Waals surface area (Å²) in [7, 11) is 0. The fraction of sp³-hybridized carbons (Fsp3) is 0.625. The van der Waals surface area contributed by atoms with Crippen molar-refractivity contribution in [3.05, 3.63) is 28.8 Å². The van der Waals surface area contributed by atoms with Gasteiger partial charge in [0.05, 0.1) is 0 Å². The van der Waals surface area contributed by atoms with Gasteiger partial charge in [-0.05, 0) is 41.9 Å². The molecule has 19 heavy (non-hydrogen) atoms. The fourth-order valence-electron chi connectivity index (χ4n) is 2.99. The van der Waals surface area contributed by atoms with Gasteiger partial charge in [-0.3, -0.25) is 0 Å². The Kier molecular flexibility index (Phi) is 4.42. The Morgan fingerprint density at radius 3 is 2.42 bits per heavy atom. The average molecular weight is 281 g/mol. The lowest BCUT2D eigenvalue weighted by molar-refractivity contribution is 0.199. The topological polar surface area (TPSA) is 29.3 Å². The van der Waals surface area contributed by atoms with Gasteiger partial charge in [0.15, 0.2) is 0 Å². The highest BCUT2D eigenvalue weighted by molar-refractivity contribution is 6.30. The standard InChI is InChI=1S/C16H25ClN2/c1-16(2,3)13-6-8-19(9-7-13)15-10-14(17)5-4-12(15)11-18/h4-5,10,13H,6-9,11,18H2,1-3H3. The molecule has 1 aliphatic rings. The molecule has 0 unspecified atom stereocenters. The summed E-state index contributed by atoms with van der Waals surface area (Å²) in [6.45, 7) is 9.82. The number of hydrogen-bond donors (Lipinski definition) is 1. The van der Waals surface area contributed by atoms with Crippen LogP contribution < -0.4 is 10.6 Å². The first-order valence-corrected chi connectivity index (χ1v) is 7.53. The second-order valence-electron chi connectivity index (χ2n) is 6.60. The molecule has 0 amide bonds. The predicted molar refractivity (Wildman–Crippen MR) is 83.7 cm³/mol. The zero-order valence-electron chi connectivity index (χ0n) is 12.2. The van der Waals surface area contributed by atoms with Gasteiger partial charge < -0.3 is 10.6 Å². The molecule has 3 heteroatoms. The first-order valence-electron chi connectivity index (χ1n) is 7.15. The van der Waals surface area contributed by atoms with Crippen molar-refractivity contribution in [2.45, 2.75) is 40.2 Å². The molecule has 0 atom stereocenters. The first-order chi connectivity index (χ1) is 8.91. The zero-order valence-corrected chi connectivity index (χ0v) is 13.0. The molecule has 2 nitrogen and oxygen atoms in total. The number of piperidine rings is 1. The highest BCUT2D eigenvalue weighted by atomic mass is 35.5. The van der Waals surface area contributed by atoms with Gasteiger partial charge in [0, 0.05) is 30.3 Å². The molecule has 2 N–H and O–H groups in total. The lowest BCUT2D eigenvalue weighted by Crippen LogP contribution is -2.38. The maximum absolute atomic E-state index is 6.13. The van der Waals surface area contributed by atoms with Crippen molar-refractivity contribution in [3.63, 3.8) is 0 Å². The molecule has 0 spiro atoms. The summed E-state index contributed by atoms with van der Waals surface area (Å²) in [5, 5.41) is 0.796. The van der Waals surface area contributed by atoms with Crippen LogP contribution in [-0.4, -0.2) is 13.1 Å². The number of halogens is 1. The van der Waals surface area contributed by atoms with Crippen LogP contribution in [0, 0.1) is 11.3 Å². The third kappa shape index (κ3) is 3.43. The minimum atomic E-state index is 0.414. The van der Waals surface area contributed by atoms with E-state index in [2.05, 4.69) is 31.7 Å². The summed E-state index contributed by atoms with van der Waals surface area (Å²) < 4.78 is 0. The number of anilines is 1. The Balaban J connectivity index is 2.11. The molecule has 1 aromatic rings. The Morgan fingerprint density at radius 2 is 1.89 bits per heavy atom. The van der Waals surface area contributed by atoms with Crippen LogP contribution in [0.25, 0.3) is 0 Å². The predicted octanol–water partition coefficient (Wildman–Crippen LogP) is 4.06. The Morgan fingerprint density at radius 1 is 1.26 bits per heavy atom. The molecule has 106 valence electrons. The number of nitrogens with two attached hydrogens (primary N) is 1. The Labute approximate surface area is 121 Å². The number of benzene rings is 1. The van der Waals surface area contributed by atoms with E-state index in [1.165, 1.54) is 24.1 Å². The molecule has 0 bridgehead atoms. The summed E-state index contributed by atoms with van der Waals surface area (Å²) in [5.74, 6) is 0.810. The summed E-state index contributed by atoms with van der Waals surface area (Å²) in [6.07, 6.45) is 2.50. The number of rotatable bonds is 2. The minimum absolute atomic E-state index is 0.414. The van der Waals surface area contributed by atoms with Crippen LogP contribution in [-0.2, 0) is 6.54 Å². The van der Waals surface area contributed by atoms with Crippen LogP contribution in [0.1, 0.15) is 39.2 Å². The van der Waals surface area contributed by atoms with Gasteiger partial charge in [-0.15, -0.1) is 0 Å².